The number of nitrogen functional groups attached to an aromatic ring is 1. The fourth-order valence-corrected chi connectivity index (χ4v) is 2.69. The Morgan fingerprint density at radius 3 is 2.67 bits per heavy atom. The molecule has 7 heteroatoms. The Hall–Kier alpha value is -3.61. The number of hydrogen-bond acceptors (Lipinski definition) is 6. The maximum absolute atomic E-state index is 12.6. The molecule has 1 heterocycles. The van der Waals surface area contributed by atoms with Crippen LogP contribution >= 0.6 is 0 Å². The second-order valence-corrected chi connectivity index (χ2v) is 5.69. The van der Waals surface area contributed by atoms with Crippen molar-refractivity contribution in [1.82, 2.24) is 4.98 Å². The zero-order valence-corrected chi connectivity index (χ0v) is 15.0. The van der Waals surface area contributed by atoms with E-state index in [4.69, 9.17) is 15.2 Å². The van der Waals surface area contributed by atoms with Gasteiger partial charge in [-0.25, -0.2) is 4.79 Å². The lowest BCUT2D eigenvalue weighted by atomic mass is 10.1. The number of hydrogen-bond donors (Lipinski definition) is 2. The van der Waals surface area contributed by atoms with Crippen molar-refractivity contribution in [2.75, 3.05) is 24.8 Å². The van der Waals surface area contributed by atoms with Gasteiger partial charge in [0, 0.05) is 17.3 Å². The number of nitrogens with zero attached hydrogens (tertiary/aromatic N) is 1. The molecule has 3 rings (SSSR count). The minimum Gasteiger partial charge on any atom is -0.496 e. The summed E-state index contributed by atoms with van der Waals surface area (Å²) in [6.45, 7) is 1.96. The molecule has 0 atom stereocenters. The van der Waals surface area contributed by atoms with Crippen molar-refractivity contribution in [1.29, 1.82) is 0 Å². The van der Waals surface area contributed by atoms with Gasteiger partial charge in [-0.2, -0.15) is 0 Å². The normalized spacial score (nSPS) is 10.4. The van der Waals surface area contributed by atoms with Crippen molar-refractivity contribution in [2.45, 2.75) is 6.92 Å². The van der Waals surface area contributed by atoms with E-state index in [1.807, 2.05) is 0 Å². The molecule has 0 radical (unpaired) electrons. The van der Waals surface area contributed by atoms with Crippen molar-refractivity contribution in [3.8, 4) is 5.75 Å². The zero-order chi connectivity index (χ0) is 19.4. The number of carbonyl (C=O) groups is 2. The highest BCUT2D eigenvalue weighted by molar-refractivity contribution is 6.08. The van der Waals surface area contributed by atoms with Gasteiger partial charge in [0.25, 0.3) is 5.91 Å². The largest absolute Gasteiger partial charge is 0.496 e. The average molecular weight is 365 g/mol. The molecule has 2 aromatic carbocycles. The number of nitrogens with one attached hydrogen (secondary N) is 1. The summed E-state index contributed by atoms with van der Waals surface area (Å²) >= 11 is 0. The quantitative estimate of drug-likeness (QED) is 0.673. The zero-order valence-electron chi connectivity index (χ0n) is 15.0. The second kappa shape index (κ2) is 7.74. The lowest BCUT2D eigenvalue weighted by Gasteiger charge is -2.11. The van der Waals surface area contributed by atoms with Crippen LogP contribution in [-0.4, -0.2) is 30.6 Å². The van der Waals surface area contributed by atoms with E-state index in [9.17, 15) is 9.59 Å². The molecule has 7 nitrogen and oxygen atoms in total. The van der Waals surface area contributed by atoms with Crippen molar-refractivity contribution >= 4 is 34.2 Å². The number of esters is 1. The summed E-state index contributed by atoms with van der Waals surface area (Å²) in [7, 11) is 1.51. The summed E-state index contributed by atoms with van der Waals surface area (Å²) in [4.78, 5) is 28.8. The van der Waals surface area contributed by atoms with Crippen molar-refractivity contribution in [3.05, 3.63) is 59.8 Å². The highest BCUT2D eigenvalue weighted by Crippen LogP contribution is 2.27. The molecule has 3 N–H and O–H groups in total. The molecule has 0 aliphatic rings. The molecule has 0 unspecified atom stereocenters. The Balaban J connectivity index is 1.95. The van der Waals surface area contributed by atoms with Gasteiger partial charge in [0.15, 0.2) is 0 Å². The molecule has 1 aromatic heterocycles. The van der Waals surface area contributed by atoms with E-state index in [1.165, 1.54) is 13.3 Å². The van der Waals surface area contributed by atoms with Crippen molar-refractivity contribution in [2.24, 2.45) is 0 Å². The van der Waals surface area contributed by atoms with Crippen LogP contribution in [0.2, 0.25) is 0 Å². The predicted octanol–water partition coefficient (Wildman–Crippen LogP) is 3.25. The summed E-state index contributed by atoms with van der Waals surface area (Å²) in [6, 6.07) is 12.0. The predicted molar refractivity (Wildman–Crippen MR) is 103 cm³/mol. The first-order valence-corrected chi connectivity index (χ1v) is 8.35. The minimum absolute atomic E-state index is 0.192. The number of nitrogens with two attached hydrogens (primary N) is 1. The third kappa shape index (κ3) is 3.67. The SMILES string of the molecule is CCOC(=O)c1cnc2ccc(NC(=O)c3ccccc3OC)cc2c1N. The average Bonchev–Trinajstić information content (AvgIpc) is 2.68. The van der Waals surface area contributed by atoms with Crippen LogP contribution in [0.5, 0.6) is 5.75 Å². The van der Waals surface area contributed by atoms with Crippen LogP contribution < -0.4 is 15.8 Å². The van der Waals surface area contributed by atoms with E-state index in [2.05, 4.69) is 10.3 Å². The summed E-state index contributed by atoms with van der Waals surface area (Å²) in [5.41, 5.74) is 8.12. The number of ether oxygens (including phenoxy) is 2. The number of rotatable bonds is 5. The number of pyridine rings is 1. The van der Waals surface area contributed by atoms with Gasteiger partial charge in [-0.15, -0.1) is 0 Å². The number of carbonyl (C=O) groups excluding carboxylic acids is 2. The summed E-state index contributed by atoms with van der Waals surface area (Å²) < 4.78 is 10.2. The van der Waals surface area contributed by atoms with E-state index < -0.39 is 5.97 Å². The van der Waals surface area contributed by atoms with E-state index in [0.29, 0.717) is 27.9 Å². The first-order chi connectivity index (χ1) is 13.0. The highest BCUT2D eigenvalue weighted by Gasteiger charge is 2.16. The van der Waals surface area contributed by atoms with Crippen molar-refractivity contribution in [3.63, 3.8) is 0 Å². The summed E-state index contributed by atoms with van der Waals surface area (Å²) in [6.07, 6.45) is 1.39. The lowest BCUT2D eigenvalue weighted by molar-refractivity contribution is 0.0527. The smallest absolute Gasteiger partial charge is 0.341 e. The van der Waals surface area contributed by atoms with Gasteiger partial charge in [-0.1, -0.05) is 12.1 Å². The van der Waals surface area contributed by atoms with Gasteiger partial charge in [0.05, 0.1) is 30.5 Å². The van der Waals surface area contributed by atoms with Gasteiger partial charge in [-0.3, -0.25) is 9.78 Å². The first-order valence-electron chi connectivity index (χ1n) is 8.35. The maximum Gasteiger partial charge on any atom is 0.341 e. The van der Waals surface area contributed by atoms with Gasteiger partial charge < -0.3 is 20.5 Å². The molecule has 0 aliphatic heterocycles. The summed E-state index contributed by atoms with van der Waals surface area (Å²) in [5, 5.41) is 3.36. The van der Waals surface area contributed by atoms with Crippen LogP contribution in [0.4, 0.5) is 11.4 Å². The highest BCUT2D eigenvalue weighted by atomic mass is 16.5. The molecule has 0 aliphatic carbocycles. The Morgan fingerprint density at radius 1 is 1.15 bits per heavy atom. The molecule has 1 amide bonds. The number of benzene rings is 2. The van der Waals surface area contributed by atoms with Gasteiger partial charge in [0.2, 0.25) is 0 Å². The third-order valence-corrected chi connectivity index (χ3v) is 4.01. The molecule has 0 bridgehead atoms. The van der Waals surface area contributed by atoms with E-state index in [-0.39, 0.29) is 23.8 Å². The van der Waals surface area contributed by atoms with Crippen LogP contribution in [0.25, 0.3) is 10.9 Å². The standard InChI is InChI=1S/C20H19N3O4/c1-3-27-20(25)15-11-22-16-9-8-12(10-14(16)18(15)21)23-19(24)13-6-4-5-7-17(13)26-2/h4-11H,3H2,1-2H3,(H2,21,22)(H,23,24). The number of aromatic nitrogens is 1. The maximum atomic E-state index is 12.6. The third-order valence-electron chi connectivity index (χ3n) is 4.01. The van der Waals surface area contributed by atoms with E-state index >= 15 is 0 Å². The van der Waals surface area contributed by atoms with Gasteiger partial charge in [0.1, 0.15) is 11.3 Å². The van der Waals surface area contributed by atoms with Crippen molar-refractivity contribution < 1.29 is 19.1 Å². The molecule has 0 spiro atoms. The first kappa shape index (κ1) is 18.2. The molecule has 138 valence electrons. The van der Waals surface area contributed by atoms with Gasteiger partial charge in [-0.05, 0) is 37.3 Å². The second-order valence-electron chi connectivity index (χ2n) is 5.69. The Bertz CT molecular complexity index is 1020. The van der Waals surface area contributed by atoms with Crippen LogP contribution in [0.3, 0.4) is 0 Å². The van der Waals surface area contributed by atoms with Crippen LogP contribution in [0, 0.1) is 0 Å². The number of para-hydroxylation sites is 1. The molecule has 3 aromatic rings. The molecular weight excluding hydrogens is 346 g/mol. The number of amides is 1. The molecule has 0 fully saturated rings. The molecule has 0 saturated carbocycles. The molecule has 0 saturated heterocycles. The Kier molecular flexibility index (Phi) is 5.21. The van der Waals surface area contributed by atoms with Crippen LogP contribution in [0.1, 0.15) is 27.6 Å². The number of methoxy groups -OCH3 is 1. The van der Waals surface area contributed by atoms with Crippen LogP contribution in [0.15, 0.2) is 48.7 Å². The lowest BCUT2D eigenvalue weighted by Crippen LogP contribution is -2.13. The van der Waals surface area contributed by atoms with Gasteiger partial charge >= 0.3 is 5.97 Å². The minimum atomic E-state index is -0.534. The fourth-order valence-electron chi connectivity index (χ4n) is 2.69. The molecular formula is C20H19N3O4. The monoisotopic (exact) mass is 365 g/mol. The topological polar surface area (TPSA) is 104 Å². The molecule has 27 heavy (non-hydrogen) atoms. The fraction of sp³-hybridized carbons (Fsp3) is 0.150. The van der Waals surface area contributed by atoms with E-state index in [1.54, 1.807) is 49.4 Å². The Labute approximate surface area is 156 Å². The Morgan fingerprint density at radius 2 is 1.93 bits per heavy atom. The summed E-state index contributed by atoms with van der Waals surface area (Å²) in [5.74, 6) is -0.380. The van der Waals surface area contributed by atoms with E-state index in [0.717, 1.165) is 0 Å². The number of anilines is 2. The van der Waals surface area contributed by atoms with Crippen LogP contribution in [-0.2, 0) is 4.74 Å². The number of fused-ring (bicyclic) bond motifs is 1.